The van der Waals surface area contributed by atoms with Gasteiger partial charge in [-0.3, -0.25) is 4.90 Å². The van der Waals surface area contributed by atoms with E-state index < -0.39 is 5.60 Å². The summed E-state index contributed by atoms with van der Waals surface area (Å²) in [6.07, 6.45) is 3.11. The number of nitrogens with zero attached hydrogens (tertiary/aromatic N) is 3. The van der Waals surface area contributed by atoms with Gasteiger partial charge in [0, 0.05) is 25.7 Å². The molecule has 1 aromatic carbocycles. The van der Waals surface area contributed by atoms with Crippen LogP contribution in [0.1, 0.15) is 64.5 Å². The molecule has 172 valence electrons. The van der Waals surface area contributed by atoms with Gasteiger partial charge in [-0.05, 0) is 77.5 Å². The molecule has 0 atom stereocenters. The molecule has 1 heterocycles. The van der Waals surface area contributed by atoms with Gasteiger partial charge in [-0.2, -0.15) is 0 Å². The molecule has 2 aliphatic rings. The van der Waals surface area contributed by atoms with Gasteiger partial charge < -0.3 is 20.1 Å². The average Bonchev–Trinajstić information content (AvgIpc) is 3.51. The molecule has 3 rings (SSSR count). The van der Waals surface area contributed by atoms with Gasteiger partial charge in [-0.1, -0.05) is 12.1 Å². The maximum Gasteiger partial charge on any atom is 0.415 e. The number of carbonyl (C=O) groups is 1. The summed E-state index contributed by atoms with van der Waals surface area (Å²) in [6.45, 7) is 12.8. The summed E-state index contributed by atoms with van der Waals surface area (Å²) in [5.74, 6) is 0.893. The number of piperidine rings is 1. The third-order valence-electron chi connectivity index (χ3n) is 5.53. The number of aliphatic hydroxyl groups is 1. The van der Waals surface area contributed by atoms with Crippen molar-refractivity contribution in [3.63, 3.8) is 0 Å². The lowest BCUT2D eigenvalue weighted by Crippen LogP contribution is -2.46. The predicted octanol–water partition coefficient (Wildman–Crippen LogP) is 3.82. The van der Waals surface area contributed by atoms with E-state index in [-0.39, 0.29) is 18.2 Å². The molecule has 1 aliphatic heterocycles. The maximum absolute atomic E-state index is 12.8. The molecule has 0 bridgehead atoms. The van der Waals surface area contributed by atoms with Gasteiger partial charge in [0.05, 0.1) is 18.3 Å². The molecule has 0 radical (unpaired) electrons. The minimum Gasteiger partial charge on any atom is -0.443 e. The number of amides is 1. The third-order valence-corrected chi connectivity index (χ3v) is 5.53. The van der Waals surface area contributed by atoms with Gasteiger partial charge in [0.2, 0.25) is 0 Å². The van der Waals surface area contributed by atoms with Crippen LogP contribution in [0, 0.1) is 6.92 Å². The Morgan fingerprint density at radius 2 is 1.94 bits per heavy atom. The van der Waals surface area contributed by atoms with Crippen LogP contribution in [0.5, 0.6) is 0 Å². The van der Waals surface area contributed by atoms with E-state index in [2.05, 4.69) is 29.3 Å². The summed E-state index contributed by atoms with van der Waals surface area (Å²) in [5.41, 5.74) is 2.56. The van der Waals surface area contributed by atoms with Crippen LogP contribution in [0.3, 0.4) is 0 Å². The highest BCUT2D eigenvalue weighted by Gasteiger charge is 2.37. The van der Waals surface area contributed by atoms with Gasteiger partial charge >= 0.3 is 6.09 Å². The van der Waals surface area contributed by atoms with Crippen LogP contribution in [-0.4, -0.2) is 59.4 Å². The fourth-order valence-electron chi connectivity index (χ4n) is 3.84. The van der Waals surface area contributed by atoms with Crippen LogP contribution in [0.4, 0.5) is 10.5 Å². The number of hydrogen-bond donors (Lipinski definition) is 2. The Morgan fingerprint density at radius 1 is 1.26 bits per heavy atom. The molecular formula is C24H38N4O3. The van der Waals surface area contributed by atoms with Crippen LogP contribution >= 0.6 is 0 Å². The van der Waals surface area contributed by atoms with Crippen molar-refractivity contribution < 1.29 is 14.6 Å². The lowest BCUT2D eigenvalue weighted by Gasteiger charge is -2.32. The summed E-state index contributed by atoms with van der Waals surface area (Å²) in [7, 11) is 0. The molecule has 7 nitrogen and oxygen atoms in total. The van der Waals surface area contributed by atoms with E-state index in [1.807, 2.05) is 38.7 Å². The molecule has 0 spiro atoms. The van der Waals surface area contributed by atoms with Gasteiger partial charge in [0.1, 0.15) is 5.60 Å². The zero-order chi connectivity index (χ0) is 22.6. The molecule has 1 saturated heterocycles. The molecule has 0 aromatic heterocycles. The number of aryl methyl sites for hydroxylation is 1. The normalized spacial score (nSPS) is 18.1. The van der Waals surface area contributed by atoms with Gasteiger partial charge in [-0.25, -0.2) is 9.79 Å². The molecule has 31 heavy (non-hydrogen) atoms. The summed E-state index contributed by atoms with van der Waals surface area (Å²) < 4.78 is 5.65. The monoisotopic (exact) mass is 430 g/mol. The maximum atomic E-state index is 12.8. The minimum absolute atomic E-state index is 0.200. The van der Waals surface area contributed by atoms with Crippen LogP contribution in [0.2, 0.25) is 0 Å². The number of anilines is 1. The number of benzene rings is 1. The Balaban J connectivity index is 1.73. The van der Waals surface area contributed by atoms with Crippen molar-refractivity contribution in [3.8, 4) is 0 Å². The van der Waals surface area contributed by atoms with Crippen molar-refractivity contribution in [1.29, 1.82) is 0 Å². The largest absolute Gasteiger partial charge is 0.443 e. The number of carbonyl (C=O) groups excluding carboxylic acids is 1. The number of hydrogen-bond acceptors (Lipinski definition) is 4. The van der Waals surface area contributed by atoms with E-state index in [0.29, 0.717) is 6.54 Å². The topological polar surface area (TPSA) is 77.4 Å². The lowest BCUT2D eigenvalue weighted by atomic mass is 10.1. The van der Waals surface area contributed by atoms with Crippen molar-refractivity contribution in [1.82, 2.24) is 10.2 Å². The first kappa shape index (κ1) is 23.4. The quantitative estimate of drug-likeness (QED) is 0.549. The van der Waals surface area contributed by atoms with E-state index in [0.717, 1.165) is 68.1 Å². The lowest BCUT2D eigenvalue weighted by molar-refractivity contribution is 0.0577. The minimum atomic E-state index is -0.514. The number of guanidine groups is 1. The number of likely N-dealkylation sites (tertiary alicyclic amines) is 1. The number of aliphatic hydroxyl groups excluding tert-OH is 1. The number of rotatable bonds is 5. The molecule has 7 heteroatoms. The number of nitrogens with one attached hydrogen (secondary N) is 1. The van der Waals surface area contributed by atoms with Gasteiger partial charge in [0.15, 0.2) is 5.96 Å². The molecule has 1 aliphatic carbocycles. The highest BCUT2D eigenvalue weighted by molar-refractivity contribution is 5.90. The smallest absolute Gasteiger partial charge is 0.415 e. The standard InChI is InChI=1S/C24H38N4O3/c1-6-25-22(27-13-11-20(29)12-14-27)26-16-18-7-10-21(17(2)15-18)28(19-8-9-19)23(30)31-24(3,4)5/h7,10,15,19-20,29H,6,8-9,11-14,16H2,1-5H3,(H,25,26). The zero-order valence-corrected chi connectivity index (χ0v) is 19.6. The van der Waals surface area contributed by atoms with Crippen molar-refractivity contribution in [2.45, 2.75) is 84.6 Å². The van der Waals surface area contributed by atoms with Crippen molar-refractivity contribution >= 4 is 17.7 Å². The Kier molecular flexibility index (Phi) is 7.46. The summed E-state index contributed by atoms with van der Waals surface area (Å²) in [5, 5.41) is 13.1. The third kappa shape index (κ3) is 6.60. The Bertz CT molecular complexity index is 791. The first-order chi connectivity index (χ1) is 14.7. The number of aliphatic imine (C=N–C) groups is 1. The van der Waals surface area contributed by atoms with E-state index in [9.17, 15) is 9.90 Å². The molecular weight excluding hydrogens is 392 g/mol. The molecule has 1 amide bonds. The SMILES string of the molecule is CCNC(=NCc1ccc(N(C(=O)OC(C)(C)C)C2CC2)c(C)c1)N1CCC(O)CC1. The van der Waals surface area contributed by atoms with E-state index in [1.165, 1.54) is 0 Å². The molecule has 1 saturated carbocycles. The highest BCUT2D eigenvalue weighted by atomic mass is 16.6. The van der Waals surface area contributed by atoms with E-state index >= 15 is 0 Å². The molecule has 2 N–H and O–H groups in total. The Hall–Kier alpha value is -2.28. The van der Waals surface area contributed by atoms with Crippen molar-refractivity contribution in [2.75, 3.05) is 24.5 Å². The van der Waals surface area contributed by atoms with E-state index in [4.69, 9.17) is 9.73 Å². The summed E-state index contributed by atoms with van der Waals surface area (Å²) in [4.78, 5) is 21.7. The molecule has 0 unspecified atom stereocenters. The second kappa shape index (κ2) is 9.90. The Labute approximate surface area is 186 Å². The number of ether oxygens (including phenoxy) is 1. The fraction of sp³-hybridized carbons (Fsp3) is 0.667. The fourth-order valence-corrected chi connectivity index (χ4v) is 3.84. The van der Waals surface area contributed by atoms with Gasteiger partial charge in [0.25, 0.3) is 0 Å². The van der Waals surface area contributed by atoms with Gasteiger partial charge in [-0.15, -0.1) is 0 Å². The first-order valence-corrected chi connectivity index (χ1v) is 11.5. The highest BCUT2D eigenvalue weighted by Crippen LogP contribution is 2.35. The molecule has 2 fully saturated rings. The average molecular weight is 431 g/mol. The predicted molar refractivity (Wildman–Crippen MR) is 125 cm³/mol. The summed E-state index contributed by atoms with van der Waals surface area (Å²) in [6, 6.07) is 6.41. The van der Waals surface area contributed by atoms with Crippen LogP contribution in [0.15, 0.2) is 23.2 Å². The second-order valence-electron chi connectivity index (χ2n) is 9.59. The van der Waals surface area contributed by atoms with Crippen LogP contribution in [0.25, 0.3) is 0 Å². The zero-order valence-electron chi connectivity index (χ0n) is 19.6. The first-order valence-electron chi connectivity index (χ1n) is 11.5. The van der Waals surface area contributed by atoms with Crippen LogP contribution in [-0.2, 0) is 11.3 Å². The van der Waals surface area contributed by atoms with Crippen molar-refractivity contribution in [2.24, 2.45) is 4.99 Å². The summed E-state index contributed by atoms with van der Waals surface area (Å²) >= 11 is 0. The van der Waals surface area contributed by atoms with Crippen LogP contribution < -0.4 is 10.2 Å². The van der Waals surface area contributed by atoms with Crippen molar-refractivity contribution in [3.05, 3.63) is 29.3 Å². The Morgan fingerprint density at radius 3 is 2.48 bits per heavy atom. The van der Waals surface area contributed by atoms with E-state index in [1.54, 1.807) is 0 Å². The second-order valence-corrected chi connectivity index (χ2v) is 9.59. The molecule has 1 aromatic rings.